The fourth-order valence-corrected chi connectivity index (χ4v) is 2.42. The molecule has 0 bridgehead atoms. The van der Waals surface area contributed by atoms with Crippen molar-refractivity contribution in [2.75, 3.05) is 19.7 Å². The number of aromatic nitrogens is 4. The lowest BCUT2D eigenvalue weighted by Crippen LogP contribution is -2.49. The first-order chi connectivity index (χ1) is 11.3. The van der Waals surface area contributed by atoms with Crippen molar-refractivity contribution in [3.8, 4) is 5.82 Å². The van der Waals surface area contributed by atoms with Gasteiger partial charge in [-0.3, -0.25) is 0 Å². The molecular weight excluding hydrogens is 296 g/mol. The number of ether oxygens (including phenoxy) is 1. The number of morpholine rings is 1. The predicted molar refractivity (Wildman–Crippen MR) is 83.0 cm³/mol. The summed E-state index contributed by atoms with van der Waals surface area (Å²) in [5, 5.41) is 6.95. The van der Waals surface area contributed by atoms with E-state index in [4.69, 9.17) is 4.74 Å². The molecule has 2 aromatic heterocycles. The number of amides is 2. The fourth-order valence-electron chi connectivity index (χ4n) is 2.42. The highest BCUT2D eigenvalue weighted by atomic mass is 16.5. The van der Waals surface area contributed by atoms with Crippen molar-refractivity contribution in [3.63, 3.8) is 0 Å². The third-order valence-corrected chi connectivity index (χ3v) is 3.79. The minimum atomic E-state index is -0.0629. The fraction of sp³-hybridized carbons (Fsp3) is 0.467. The number of nitrogens with one attached hydrogen (secondary N) is 1. The van der Waals surface area contributed by atoms with E-state index in [2.05, 4.69) is 27.3 Å². The Bertz CT molecular complexity index is 628. The molecule has 122 valence electrons. The summed E-state index contributed by atoms with van der Waals surface area (Å²) in [7, 11) is 0. The lowest BCUT2D eigenvalue weighted by Gasteiger charge is -2.32. The molecular formula is C15H20N6O2. The minimum absolute atomic E-state index is 0.0629. The first kappa shape index (κ1) is 15.4. The Morgan fingerprint density at radius 1 is 1.48 bits per heavy atom. The van der Waals surface area contributed by atoms with Gasteiger partial charge in [-0.2, -0.15) is 5.10 Å². The summed E-state index contributed by atoms with van der Waals surface area (Å²) < 4.78 is 7.16. The van der Waals surface area contributed by atoms with Gasteiger partial charge >= 0.3 is 6.03 Å². The molecule has 2 aromatic rings. The minimum Gasteiger partial charge on any atom is -0.375 e. The van der Waals surface area contributed by atoms with E-state index in [9.17, 15) is 4.79 Å². The average molecular weight is 316 g/mol. The zero-order valence-corrected chi connectivity index (χ0v) is 13.1. The van der Waals surface area contributed by atoms with Crippen LogP contribution in [-0.2, 0) is 11.3 Å². The van der Waals surface area contributed by atoms with Crippen LogP contribution in [0.15, 0.2) is 31.0 Å². The van der Waals surface area contributed by atoms with Crippen LogP contribution in [0.5, 0.6) is 0 Å². The van der Waals surface area contributed by atoms with E-state index >= 15 is 0 Å². The summed E-state index contributed by atoms with van der Waals surface area (Å²) >= 11 is 0. The van der Waals surface area contributed by atoms with E-state index < -0.39 is 0 Å². The highest BCUT2D eigenvalue weighted by molar-refractivity contribution is 5.74. The van der Waals surface area contributed by atoms with Crippen LogP contribution in [0.25, 0.3) is 5.82 Å². The molecule has 1 N–H and O–H groups in total. The van der Waals surface area contributed by atoms with Crippen LogP contribution in [0.1, 0.15) is 18.9 Å². The molecule has 0 aromatic carbocycles. The van der Waals surface area contributed by atoms with E-state index in [1.54, 1.807) is 22.1 Å². The highest BCUT2D eigenvalue weighted by Crippen LogP contribution is 2.09. The van der Waals surface area contributed by atoms with Crippen molar-refractivity contribution >= 4 is 6.03 Å². The molecule has 2 amide bonds. The van der Waals surface area contributed by atoms with E-state index in [1.165, 1.54) is 6.33 Å². The number of rotatable bonds is 4. The summed E-state index contributed by atoms with van der Waals surface area (Å²) in [6, 6.07) is 3.70. The van der Waals surface area contributed by atoms with Gasteiger partial charge in [0.1, 0.15) is 12.7 Å². The molecule has 8 nitrogen and oxygen atoms in total. The molecule has 3 rings (SSSR count). The second kappa shape index (κ2) is 7.19. The molecule has 0 unspecified atom stereocenters. The van der Waals surface area contributed by atoms with Crippen molar-refractivity contribution < 1.29 is 9.53 Å². The smallest absolute Gasteiger partial charge is 0.317 e. The first-order valence-corrected chi connectivity index (χ1v) is 7.70. The second-order valence-electron chi connectivity index (χ2n) is 5.37. The Morgan fingerprint density at radius 2 is 2.39 bits per heavy atom. The van der Waals surface area contributed by atoms with Crippen LogP contribution >= 0.6 is 0 Å². The summed E-state index contributed by atoms with van der Waals surface area (Å²) in [6.07, 6.45) is 5.83. The highest BCUT2D eigenvalue weighted by Gasteiger charge is 2.22. The zero-order chi connectivity index (χ0) is 16.1. The van der Waals surface area contributed by atoms with Crippen molar-refractivity contribution in [2.45, 2.75) is 26.0 Å². The molecule has 8 heteroatoms. The van der Waals surface area contributed by atoms with Crippen LogP contribution < -0.4 is 5.32 Å². The number of pyridine rings is 1. The zero-order valence-electron chi connectivity index (χ0n) is 13.1. The second-order valence-corrected chi connectivity index (χ2v) is 5.37. The van der Waals surface area contributed by atoms with Gasteiger partial charge in [0.2, 0.25) is 0 Å². The standard InChI is InChI=1S/C15H20N6O2/c1-2-13-9-20(5-6-23-13)15(22)18-8-12-3-4-14(17-7-12)21-11-16-10-19-21/h3-4,7,10-11,13H,2,5-6,8-9H2,1H3,(H,18,22)/t13-/m1/s1. The third-order valence-electron chi connectivity index (χ3n) is 3.79. The largest absolute Gasteiger partial charge is 0.375 e. The van der Waals surface area contributed by atoms with Crippen molar-refractivity contribution in [3.05, 3.63) is 36.5 Å². The maximum atomic E-state index is 12.2. The summed E-state index contributed by atoms with van der Waals surface area (Å²) in [5.74, 6) is 0.691. The Hall–Kier alpha value is -2.48. The number of carbonyl (C=O) groups is 1. The number of hydrogen-bond acceptors (Lipinski definition) is 5. The van der Waals surface area contributed by atoms with Gasteiger partial charge in [-0.05, 0) is 18.1 Å². The molecule has 0 aliphatic carbocycles. The lowest BCUT2D eigenvalue weighted by atomic mass is 10.2. The Morgan fingerprint density at radius 3 is 3.09 bits per heavy atom. The molecule has 0 spiro atoms. The first-order valence-electron chi connectivity index (χ1n) is 7.70. The Balaban J connectivity index is 1.52. The van der Waals surface area contributed by atoms with Gasteiger partial charge in [-0.1, -0.05) is 13.0 Å². The third kappa shape index (κ3) is 3.84. The number of carbonyl (C=O) groups excluding carboxylic acids is 1. The van der Waals surface area contributed by atoms with Gasteiger partial charge in [0.15, 0.2) is 5.82 Å². The molecule has 1 aliphatic rings. The normalized spacial score (nSPS) is 18.0. The maximum absolute atomic E-state index is 12.2. The topological polar surface area (TPSA) is 85.2 Å². The molecule has 3 heterocycles. The van der Waals surface area contributed by atoms with Crippen LogP contribution in [0, 0.1) is 0 Å². The van der Waals surface area contributed by atoms with Crippen molar-refractivity contribution in [2.24, 2.45) is 0 Å². The van der Waals surface area contributed by atoms with Gasteiger partial charge in [0.05, 0.1) is 12.7 Å². The van der Waals surface area contributed by atoms with Crippen LogP contribution in [0.4, 0.5) is 4.79 Å². The Labute approximate surface area is 134 Å². The monoisotopic (exact) mass is 316 g/mol. The van der Waals surface area contributed by atoms with E-state index in [0.717, 1.165) is 12.0 Å². The molecule has 1 aliphatic heterocycles. The average Bonchev–Trinajstić information content (AvgIpc) is 3.15. The molecule has 0 saturated carbocycles. The van der Waals surface area contributed by atoms with Crippen LogP contribution in [-0.4, -0.2) is 56.5 Å². The van der Waals surface area contributed by atoms with Crippen LogP contribution in [0.2, 0.25) is 0 Å². The van der Waals surface area contributed by atoms with Gasteiger partial charge in [-0.25, -0.2) is 19.4 Å². The Kier molecular flexibility index (Phi) is 4.82. The van der Waals surface area contributed by atoms with Gasteiger partial charge < -0.3 is 15.0 Å². The van der Waals surface area contributed by atoms with Gasteiger partial charge in [0.25, 0.3) is 0 Å². The lowest BCUT2D eigenvalue weighted by molar-refractivity contribution is -0.0154. The molecule has 0 radical (unpaired) electrons. The summed E-state index contributed by atoms with van der Waals surface area (Å²) in [5.41, 5.74) is 0.933. The molecule has 1 fully saturated rings. The van der Waals surface area contributed by atoms with Crippen molar-refractivity contribution in [1.82, 2.24) is 30.0 Å². The quantitative estimate of drug-likeness (QED) is 0.909. The van der Waals surface area contributed by atoms with Crippen LogP contribution in [0.3, 0.4) is 0 Å². The van der Waals surface area contributed by atoms with Gasteiger partial charge in [0, 0.05) is 25.8 Å². The summed E-state index contributed by atoms with van der Waals surface area (Å²) in [4.78, 5) is 22.2. The number of nitrogens with zero attached hydrogens (tertiary/aromatic N) is 5. The summed E-state index contributed by atoms with van der Waals surface area (Å²) in [6.45, 7) is 4.38. The van der Waals surface area contributed by atoms with E-state index in [-0.39, 0.29) is 12.1 Å². The number of urea groups is 1. The van der Waals surface area contributed by atoms with E-state index in [1.807, 2.05) is 12.1 Å². The van der Waals surface area contributed by atoms with Crippen molar-refractivity contribution in [1.29, 1.82) is 0 Å². The molecule has 1 atom stereocenters. The number of hydrogen-bond donors (Lipinski definition) is 1. The predicted octanol–water partition coefficient (Wildman–Crippen LogP) is 0.983. The van der Waals surface area contributed by atoms with Gasteiger partial charge in [-0.15, -0.1) is 0 Å². The maximum Gasteiger partial charge on any atom is 0.317 e. The van der Waals surface area contributed by atoms with E-state index in [0.29, 0.717) is 32.1 Å². The molecule has 23 heavy (non-hydrogen) atoms. The molecule has 1 saturated heterocycles. The SMILES string of the molecule is CC[C@@H]1CN(C(=O)NCc2ccc(-n3cncn3)nc2)CCO1.